The lowest BCUT2D eigenvalue weighted by atomic mass is 9.90. The van der Waals surface area contributed by atoms with Gasteiger partial charge >= 0.3 is 13.1 Å². The summed E-state index contributed by atoms with van der Waals surface area (Å²) < 4.78 is 2.90. The Balaban J connectivity index is 1.46. The predicted octanol–water partition coefficient (Wildman–Crippen LogP) is 0.369. The summed E-state index contributed by atoms with van der Waals surface area (Å²) in [5.74, 6) is -0.113. The van der Waals surface area contributed by atoms with Gasteiger partial charge in [0, 0.05) is 18.9 Å². The minimum Gasteiger partial charge on any atom is -0.431 e. The Hall–Kier alpha value is -3.38. The summed E-state index contributed by atoms with van der Waals surface area (Å²) in [5.41, 5.74) is 0.980. The minimum atomic E-state index is -0.791. The van der Waals surface area contributed by atoms with Gasteiger partial charge in [-0.1, -0.05) is 6.08 Å². The zero-order valence-electron chi connectivity index (χ0n) is 15.8. The molecule has 4 rings (SSSR count). The van der Waals surface area contributed by atoms with Gasteiger partial charge in [0.1, 0.15) is 0 Å². The standard InChI is InChI=1S/C17H20BN7O4/c1-3-8-29-25-13-9-12(10-22(11-13)17(25)27)23-6-4-14(20-23)16(26)19-15-5-7-24(21-15)18(2)28/h3-7,9,13,28H,1,8,10-11H2,2H3,(H,19,21,26). The highest BCUT2D eigenvalue weighted by Crippen LogP contribution is 2.26. The SMILES string of the molecule is C=CCON1C(=O)N2CC(n3ccc(C(=O)Nc4ccn(B(C)O)n4)n3)=CC1C2. The average molecular weight is 397 g/mol. The van der Waals surface area contributed by atoms with Crippen LogP contribution in [0, 0.1) is 0 Å². The number of rotatable bonds is 7. The molecule has 0 aliphatic carbocycles. The van der Waals surface area contributed by atoms with Gasteiger partial charge < -0.3 is 15.2 Å². The Morgan fingerprint density at radius 3 is 3.00 bits per heavy atom. The van der Waals surface area contributed by atoms with Crippen molar-refractivity contribution in [3.8, 4) is 0 Å². The van der Waals surface area contributed by atoms with Gasteiger partial charge in [-0.25, -0.2) is 9.48 Å². The molecular weight excluding hydrogens is 377 g/mol. The molecule has 11 nitrogen and oxygen atoms in total. The van der Waals surface area contributed by atoms with Crippen molar-refractivity contribution >= 4 is 30.5 Å². The van der Waals surface area contributed by atoms with Crippen molar-refractivity contribution in [1.29, 1.82) is 0 Å². The second-order valence-corrected chi connectivity index (χ2v) is 6.71. The fourth-order valence-electron chi connectivity index (χ4n) is 3.21. The monoisotopic (exact) mass is 397 g/mol. The third-order valence-electron chi connectivity index (χ3n) is 4.59. The van der Waals surface area contributed by atoms with Gasteiger partial charge in [0.05, 0.1) is 24.9 Å². The zero-order chi connectivity index (χ0) is 20.5. The van der Waals surface area contributed by atoms with Gasteiger partial charge in [-0.15, -0.1) is 6.58 Å². The lowest BCUT2D eigenvalue weighted by Gasteiger charge is -2.21. The van der Waals surface area contributed by atoms with Crippen LogP contribution < -0.4 is 5.32 Å². The number of urea groups is 1. The highest BCUT2D eigenvalue weighted by Gasteiger charge is 2.41. The number of anilines is 1. The number of nitrogens with zero attached hydrogens (tertiary/aromatic N) is 6. The van der Waals surface area contributed by atoms with Crippen molar-refractivity contribution in [1.82, 2.24) is 29.4 Å². The maximum Gasteiger partial charge on any atom is 0.431 e. The number of hydrogen-bond acceptors (Lipinski definition) is 6. The van der Waals surface area contributed by atoms with Gasteiger partial charge in [-0.3, -0.25) is 14.2 Å². The third-order valence-corrected chi connectivity index (χ3v) is 4.59. The topological polar surface area (TPSA) is 118 Å². The van der Waals surface area contributed by atoms with Crippen LogP contribution in [0.1, 0.15) is 10.5 Å². The number of carbonyl (C=O) groups excluding carboxylic acids is 2. The molecule has 2 aromatic rings. The summed E-state index contributed by atoms with van der Waals surface area (Å²) in [5, 5.41) is 21.8. The highest BCUT2D eigenvalue weighted by molar-refractivity contribution is 6.46. The fraction of sp³-hybridized carbons (Fsp3) is 0.294. The molecule has 150 valence electrons. The van der Waals surface area contributed by atoms with Crippen LogP contribution in [0.25, 0.3) is 5.70 Å². The molecule has 0 radical (unpaired) electrons. The Bertz CT molecular complexity index is 982. The van der Waals surface area contributed by atoms with Crippen LogP contribution in [0.4, 0.5) is 10.6 Å². The van der Waals surface area contributed by atoms with E-state index >= 15 is 0 Å². The van der Waals surface area contributed by atoms with Crippen molar-refractivity contribution < 1.29 is 19.5 Å². The van der Waals surface area contributed by atoms with E-state index in [4.69, 9.17) is 4.84 Å². The molecule has 0 aromatic carbocycles. The lowest BCUT2D eigenvalue weighted by Crippen LogP contribution is -2.33. The summed E-state index contributed by atoms with van der Waals surface area (Å²) in [7, 11) is -0.791. The summed E-state index contributed by atoms with van der Waals surface area (Å²) in [6.45, 7) is 6.31. The van der Waals surface area contributed by atoms with Gasteiger partial charge in [-0.2, -0.15) is 15.3 Å². The van der Waals surface area contributed by atoms with Crippen LogP contribution >= 0.6 is 0 Å². The first-order chi connectivity index (χ1) is 14.0. The Kier molecular flexibility index (Phi) is 4.95. The number of fused-ring (bicyclic) bond motifs is 2. The van der Waals surface area contributed by atoms with Crippen molar-refractivity contribution in [2.24, 2.45) is 0 Å². The molecule has 1 saturated heterocycles. The quantitative estimate of drug-likeness (QED) is 0.515. The van der Waals surface area contributed by atoms with E-state index in [0.29, 0.717) is 18.9 Å². The van der Waals surface area contributed by atoms with E-state index in [2.05, 4.69) is 22.1 Å². The zero-order valence-corrected chi connectivity index (χ0v) is 15.8. The molecule has 0 spiro atoms. The summed E-state index contributed by atoms with van der Waals surface area (Å²) in [6, 6.07) is 2.74. The molecule has 2 aliphatic rings. The molecule has 1 unspecified atom stereocenters. The van der Waals surface area contributed by atoms with E-state index in [0.717, 1.165) is 5.70 Å². The van der Waals surface area contributed by atoms with Crippen LogP contribution in [0.15, 0.2) is 43.3 Å². The maximum atomic E-state index is 12.4. The van der Waals surface area contributed by atoms with Crippen LogP contribution in [0.5, 0.6) is 0 Å². The smallest absolute Gasteiger partial charge is 0.431 e. The largest absolute Gasteiger partial charge is 0.431 e. The first-order valence-electron chi connectivity index (χ1n) is 9.09. The van der Waals surface area contributed by atoms with E-state index in [-0.39, 0.29) is 24.4 Å². The van der Waals surface area contributed by atoms with Crippen LogP contribution in [-0.4, -0.2) is 79.2 Å². The van der Waals surface area contributed by atoms with Crippen LogP contribution in [-0.2, 0) is 4.84 Å². The lowest BCUT2D eigenvalue weighted by molar-refractivity contribution is -0.107. The number of nitrogens with one attached hydrogen (secondary N) is 1. The van der Waals surface area contributed by atoms with Gasteiger partial charge in [0.25, 0.3) is 5.91 Å². The van der Waals surface area contributed by atoms with Crippen LogP contribution in [0.3, 0.4) is 0 Å². The van der Waals surface area contributed by atoms with Gasteiger partial charge in [0.15, 0.2) is 11.5 Å². The molecule has 2 bridgehead atoms. The summed E-state index contributed by atoms with van der Waals surface area (Å²) in [6.07, 6.45) is 6.72. The van der Waals surface area contributed by atoms with E-state index < -0.39 is 13.0 Å². The molecule has 29 heavy (non-hydrogen) atoms. The number of aromatic nitrogens is 4. The molecule has 4 heterocycles. The number of hydroxylamine groups is 2. The first-order valence-corrected chi connectivity index (χ1v) is 9.09. The first kappa shape index (κ1) is 19.0. The average Bonchev–Trinajstić information content (AvgIpc) is 3.41. The predicted molar refractivity (Wildman–Crippen MR) is 105 cm³/mol. The summed E-state index contributed by atoms with van der Waals surface area (Å²) in [4.78, 5) is 31.9. The molecular formula is C17H20BN7O4. The van der Waals surface area contributed by atoms with Gasteiger partial charge in [-0.05, 0) is 25.0 Å². The van der Waals surface area contributed by atoms with Gasteiger partial charge in [0.2, 0.25) is 0 Å². The number of amides is 3. The van der Waals surface area contributed by atoms with Crippen molar-refractivity contribution in [3.05, 3.63) is 49.0 Å². The molecule has 12 heteroatoms. The fourth-order valence-corrected chi connectivity index (χ4v) is 3.21. The number of hydrogen-bond donors (Lipinski definition) is 2. The molecule has 1 fully saturated rings. The Morgan fingerprint density at radius 1 is 1.45 bits per heavy atom. The Labute approximate surface area is 166 Å². The number of carbonyl (C=O) groups is 2. The molecule has 0 saturated carbocycles. The second-order valence-electron chi connectivity index (χ2n) is 6.71. The van der Waals surface area contributed by atoms with Crippen molar-refractivity contribution in [2.75, 3.05) is 25.0 Å². The molecule has 2 N–H and O–H groups in total. The highest BCUT2D eigenvalue weighted by atomic mass is 16.7. The second kappa shape index (κ2) is 7.56. The van der Waals surface area contributed by atoms with E-state index in [9.17, 15) is 14.6 Å². The molecule has 1 atom stereocenters. The summed E-state index contributed by atoms with van der Waals surface area (Å²) >= 11 is 0. The minimum absolute atomic E-state index is 0.205. The molecule has 3 amide bonds. The Morgan fingerprint density at radius 2 is 2.28 bits per heavy atom. The normalized spacial score (nSPS) is 18.1. The van der Waals surface area contributed by atoms with E-state index in [1.54, 1.807) is 47.0 Å². The van der Waals surface area contributed by atoms with E-state index in [1.807, 2.05) is 6.08 Å². The van der Waals surface area contributed by atoms with Crippen molar-refractivity contribution in [3.63, 3.8) is 0 Å². The molecule has 2 aromatic heterocycles. The van der Waals surface area contributed by atoms with Crippen molar-refractivity contribution in [2.45, 2.75) is 12.9 Å². The van der Waals surface area contributed by atoms with Crippen LogP contribution in [0.2, 0.25) is 6.82 Å². The maximum absolute atomic E-state index is 12.4. The third kappa shape index (κ3) is 3.67. The van der Waals surface area contributed by atoms with E-state index in [1.165, 1.54) is 9.66 Å². The molecule has 2 aliphatic heterocycles.